The van der Waals surface area contributed by atoms with E-state index in [4.69, 9.17) is 9.47 Å². The van der Waals surface area contributed by atoms with E-state index in [9.17, 15) is 14.0 Å². The van der Waals surface area contributed by atoms with Gasteiger partial charge < -0.3 is 19.7 Å². The topological polar surface area (TPSA) is 67.9 Å². The number of nitrogens with one attached hydrogen (secondary N) is 1. The lowest BCUT2D eigenvalue weighted by atomic mass is 9.95. The number of ether oxygens (including phenoxy) is 2. The molecular weight excluding hydrogens is 363 g/mol. The third-order valence-corrected chi connectivity index (χ3v) is 4.91. The zero-order chi connectivity index (χ0) is 20.1. The first kappa shape index (κ1) is 19.7. The Balaban J connectivity index is 1.59. The Hall–Kier alpha value is -3.09. The Morgan fingerprint density at radius 2 is 1.71 bits per heavy atom. The Kier molecular flexibility index (Phi) is 6.13. The maximum atomic E-state index is 13.0. The van der Waals surface area contributed by atoms with Gasteiger partial charge in [-0.2, -0.15) is 0 Å². The Morgan fingerprint density at radius 1 is 1.04 bits per heavy atom. The van der Waals surface area contributed by atoms with Crippen molar-refractivity contribution >= 4 is 17.5 Å². The number of nitrogens with zero attached hydrogens (tertiary/aromatic N) is 1. The van der Waals surface area contributed by atoms with Crippen molar-refractivity contribution in [1.29, 1.82) is 0 Å². The van der Waals surface area contributed by atoms with Crippen molar-refractivity contribution in [3.8, 4) is 11.5 Å². The van der Waals surface area contributed by atoms with Crippen molar-refractivity contribution in [1.82, 2.24) is 4.90 Å². The van der Waals surface area contributed by atoms with Gasteiger partial charge in [-0.3, -0.25) is 9.59 Å². The first-order chi connectivity index (χ1) is 13.5. The highest BCUT2D eigenvalue weighted by Crippen LogP contribution is 2.30. The second kappa shape index (κ2) is 8.73. The number of carbonyl (C=O) groups excluding carboxylic acids is 2. The van der Waals surface area contributed by atoms with E-state index in [-0.39, 0.29) is 23.5 Å². The van der Waals surface area contributed by atoms with Gasteiger partial charge in [0.25, 0.3) is 5.91 Å². The van der Waals surface area contributed by atoms with E-state index in [0.29, 0.717) is 48.7 Å². The van der Waals surface area contributed by atoms with Crippen LogP contribution in [0.15, 0.2) is 42.5 Å². The quantitative estimate of drug-likeness (QED) is 0.856. The fourth-order valence-corrected chi connectivity index (χ4v) is 3.27. The highest BCUT2D eigenvalue weighted by atomic mass is 19.1. The number of methoxy groups -OCH3 is 2. The smallest absolute Gasteiger partial charge is 0.253 e. The molecule has 2 amide bonds. The van der Waals surface area contributed by atoms with Crippen LogP contribution >= 0.6 is 0 Å². The standard InChI is InChI=1S/C21H23FN2O4/c1-27-17-7-8-19(28-2)18(13-17)23-20(25)14-9-11-24(12-10-14)21(26)15-3-5-16(22)6-4-15/h3-8,13-14H,9-12H2,1-2H3,(H,23,25). The van der Waals surface area contributed by atoms with Gasteiger partial charge in [0.1, 0.15) is 17.3 Å². The van der Waals surface area contributed by atoms with E-state index in [1.165, 1.54) is 31.4 Å². The van der Waals surface area contributed by atoms with Gasteiger partial charge in [0.05, 0.1) is 19.9 Å². The molecule has 1 N–H and O–H groups in total. The number of rotatable bonds is 5. The number of hydrogen-bond donors (Lipinski definition) is 1. The molecule has 0 atom stereocenters. The SMILES string of the molecule is COc1ccc(OC)c(NC(=O)C2CCN(C(=O)c3ccc(F)cc3)CC2)c1. The second-order valence-corrected chi connectivity index (χ2v) is 6.63. The molecule has 0 unspecified atom stereocenters. The summed E-state index contributed by atoms with van der Waals surface area (Å²) in [5.41, 5.74) is 1.00. The van der Waals surface area contributed by atoms with Crippen molar-refractivity contribution in [2.24, 2.45) is 5.92 Å². The van der Waals surface area contributed by atoms with Crippen LogP contribution in [0.25, 0.3) is 0 Å². The maximum Gasteiger partial charge on any atom is 0.253 e. The summed E-state index contributed by atoms with van der Waals surface area (Å²) in [4.78, 5) is 26.9. The van der Waals surface area contributed by atoms with Crippen molar-refractivity contribution in [3.05, 3.63) is 53.8 Å². The van der Waals surface area contributed by atoms with Crippen LogP contribution in [0.4, 0.5) is 10.1 Å². The number of anilines is 1. The molecule has 1 heterocycles. The summed E-state index contributed by atoms with van der Waals surface area (Å²) >= 11 is 0. The van der Waals surface area contributed by atoms with Crippen LogP contribution in [0.5, 0.6) is 11.5 Å². The fourth-order valence-electron chi connectivity index (χ4n) is 3.27. The van der Waals surface area contributed by atoms with Crippen LogP contribution in [0, 0.1) is 11.7 Å². The van der Waals surface area contributed by atoms with Crippen molar-refractivity contribution in [2.45, 2.75) is 12.8 Å². The Labute approximate surface area is 163 Å². The number of likely N-dealkylation sites (tertiary alicyclic amines) is 1. The van der Waals surface area contributed by atoms with Gasteiger partial charge in [-0.15, -0.1) is 0 Å². The summed E-state index contributed by atoms with van der Waals surface area (Å²) in [7, 11) is 3.10. The molecule has 0 saturated carbocycles. The van der Waals surface area contributed by atoms with Crippen LogP contribution in [-0.2, 0) is 4.79 Å². The molecule has 2 aromatic carbocycles. The lowest BCUT2D eigenvalue weighted by Gasteiger charge is -2.31. The number of benzene rings is 2. The number of amides is 2. The lowest BCUT2D eigenvalue weighted by molar-refractivity contribution is -0.121. The maximum absolute atomic E-state index is 13.0. The summed E-state index contributed by atoms with van der Waals surface area (Å²) < 4.78 is 23.5. The Morgan fingerprint density at radius 3 is 2.32 bits per heavy atom. The molecule has 6 nitrogen and oxygen atoms in total. The van der Waals surface area contributed by atoms with Gasteiger partial charge in [0.2, 0.25) is 5.91 Å². The summed E-state index contributed by atoms with van der Waals surface area (Å²) in [5.74, 6) is 0.343. The number of piperidine rings is 1. The molecule has 0 aromatic heterocycles. The molecule has 1 aliphatic heterocycles. The molecule has 0 radical (unpaired) electrons. The Bertz CT molecular complexity index is 846. The van der Waals surface area contributed by atoms with E-state index in [0.717, 1.165) is 0 Å². The molecule has 7 heteroatoms. The van der Waals surface area contributed by atoms with E-state index in [1.54, 1.807) is 30.2 Å². The van der Waals surface area contributed by atoms with E-state index in [2.05, 4.69) is 5.32 Å². The molecule has 0 spiro atoms. The minimum atomic E-state index is -0.375. The average Bonchev–Trinajstić information content (AvgIpc) is 2.73. The zero-order valence-corrected chi connectivity index (χ0v) is 15.9. The fraction of sp³-hybridized carbons (Fsp3) is 0.333. The van der Waals surface area contributed by atoms with Crippen LogP contribution in [0.2, 0.25) is 0 Å². The minimum absolute atomic E-state index is 0.111. The number of halogens is 1. The lowest BCUT2D eigenvalue weighted by Crippen LogP contribution is -2.41. The van der Waals surface area contributed by atoms with Gasteiger partial charge in [0, 0.05) is 30.6 Å². The van der Waals surface area contributed by atoms with Crippen LogP contribution < -0.4 is 14.8 Å². The van der Waals surface area contributed by atoms with E-state index < -0.39 is 0 Å². The highest BCUT2D eigenvalue weighted by Gasteiger charge is 2.28. The number of hydrogen-bond acceptors (Lipinski definition) is 4. The van der Waals surface area contributed by atoms with E-state index in [1.807, 2.05) is 0 Å². The predicted molar refractivity (Wildman–Crippen MR) is 103 cm³/mol. The zero-order valence-electron chi connectivity index (χ0n) is 15.9. The largest absolute Gasteiger partial charge is 0.497 e. The van der Waals surface area contributed by atoms with Gasteiger partial charge >= 0.3 is 0 Å². The van der Waals surface area contributed by atoms with Crippen molar-refractivity contribution < 1.29 is 23.5 Å². The molecule has 0 aliphatic carbocycles. The van der Waals surface area contributed by atoms with Gasteiger partial charge in [-0.05, 0) is 49.2 Å². The third kappa shape index (κ3) is 4.42. The molecule has 148 valence electrons. The third-order valence-electron chi connectivity index (χ3n) is 4.91. The van der Waals surface area contributed by atoms with Gasteiger partial charge in [0.15, 0.2) is 0 Å². The summed E-state index contributed by atoms with van der Waals surface area (Å²) in [6, 6.07) is 10.7. The predicted octanol–water partition coefficient (Wildman–Crippen LogP) is 3.33. The summed E-state index contributed by atoms with van der Waals surface area (Å²) in [6.45, 7) is 0.951. The van der Waals surface area contributed by atoms with Gasteiger partial charge in [-0.1, -0.05) is 0 Å². The monoisotopic (exact) mass is 386 g/mol. The van der Waals surface area contributed by atoms with Crippen LogP contribution in [0.1, 0.15) is 23.2 Å². The van der Waals surface area contributed by atoms with E-state index >= 15 is 0 Å². The molecule has 1 saturated heterocycles. The summed E-state index contributed by atoms with van der Waals surface area (Å²) in [6.07, 6.45) is 1.12. The normalized spacial score (nSPS) is 14.5. The number of carbonyl (C=O) groups is 2. The molecule has 1 aliphatic rings. The molecule has 28 heavy (non-hydrogen) atoms. The van der Waals surface area contributed by atoms with Crippen molar-refractivity contribution in [3.63, 3.8) is 0 Å². The van der Waals surface area contributed by atoms with Crippen molar-refractivity contribution in [2.75, 3.05) is 32.6 Å². The molecule has 1 fully saturated rings. The van der Waals surface area contributed by atoms with Crippen LogP contribution in [-0.4, -0.2) is 44.0 Å². The van der Waals surface area contributed by atoms with Gasteiger partial charge in [-0.25, -0.2) is 4.39 Å². The first-order valence-electron chi connectivity index (χ1n) is 9.09. The molecule has 3 rings (SSSR count). The highest BCUT2D eigenvalue weighted by molar-refractivity contribution is 5.96. The summed E-state index contributed by atoms with van der Waals surface area (Å²) in [5, 5.41) is 2.90. The second-order valence-electron chi connectivity index (χ2n) is 6.63. The molecular formula is C21H23FN2O4. The molecule has 2 aromatic rings. The minimum Gasteiger partial charge on any atom is -0.497 e. The molecule has 0 bridgehead atoms. The average molecular weight is 386 g/mol. The first-order valence-corrected chi connectivity index (χ1v) is 9.09. The van der Waals surface area contributed by atoms with Crippen LogP contribution in [0.3, 0.4) is 0 Å².